The summed E-state index contributed by atoms with van der Waals surface area (Å²) < 4.78 is 0. The van der Waals surface area contributed by atoms with Crippen molar-refractivity contribution >= 4 is 11.4 Å². The quantitative estimate of drug-likeness (QED) is 0.427. The molecule has 1 rings (SSSR count). The summed E-state index contributed by atoms with van der Waals surface area (Å²) in [4.78, 5) is 19.8. The molecule has 16 heavy (non-hydrogen) atoms. The lowest BCUT2D eigenvalue weighted by Crippen LogP contribution is -1.87. The summed E-state index contributed by atoms with van der Waals surface area (Å²) in [6.07, 6.45) is 0. The van der Waals surface area contributed by atoms with Crippen molar-refractivity contribution in [2.24, 2.45) is 5.18 Å². The molecule has 0 aliphatic rings. The molecule has 1 aromatic rings. The Bertz CT molecular complexity index is 338. The van der Waals surface area contributed by atoms with E-state index in [9.17, 15) is 15.0 Å². The molecule has 0 heterocycles. The van der Waals surface area contributed by atoms with Gasteiger partial charge in [-0.1, -0.05) is 33.8 Å². The van der Waals surface area contributed by atoms with Crippen molar-refractivity contribution in [2.45, 2.75) is 34.6 Å². The maximum Gasteiger partial charge on any atom is 0.271 e. The largest absolute Gasteiger partial charge is 0.271 e. The Kier molecular flexibility index (Phi) is 10.2. The van der Waals surface area contributed by atoms with Gasteiger partial charge in [-0.3, -0.25) is 10.1 Å². The van der Waals surface area contributed by atoms with E-state index in [1.807, 2.05) is 27.7 Å². The van der Waals surface area contributed by atoms with Crippen LogP contribution in [-0.4, -0.2) is 4.92 Å². The van der Waals surface area contributed by atoms with Crippen LogP contribution in [0, 0.1) is 21.9 Å². The van der Waals surface area contributed by atoms with Gasteiger partial charge in [0, 0.05) is 12.1 Å². The third kappa shape index (κ3) is 5.19. The topological polar surface area (TPSA) is 72.6 Å². The van der Waals surface area contributed by atoms with Crippen molar-refractivity contribution in [1.29, 1.82) is 0 Å². The van der Waals surface area contributed by atoms with E-state index in [-0.39, 0.29) is 11.4 Å². The predicted octanol–water partition coefficient (Wildman–Crippen LogP) is 4.35. The molecule has 90 valence electrons. The fourth-order valence-electron chi connectivity index (χ4n) is 0.810. The summed E-state index contributed by atoms with van der Waals surface area (Å²) in [7, 11) is 0. The highest BCUT2D eigenvalue weighted by Crippen LogP contribution is 2.23. The molecule has 0 saturated heterocycles. The lowest BCUT2D eigenvalue weighted by atomic mass is 10.2. The zero-order valence-corrected chi connectivity index (χ0v) is 10.4. The van der Waals surface area contributed by atoms with Crippen molar-refractivity contribution < 1.29 is 4.92 Å². The van der Waals surface area contributed by atoms with Crippen LogP contribution >= 0.6 is 0 Å². The number of nitro groups is 1. The smallest absolute Gasteiger partial charge is 0.258 e. The number of hydrogen-bond acceptors (Lipinski definition) is 4. The predicted molar refractivity (Wildman–Crippen MR) is 66.0 cm³/mol. The maximum atomic E-state index is 10.2. The van der Waals surface area contributed by atoms with Gasteiger partial charge in [-0.2, -0.15) is 0 Å². The number of hydrogen-bond donors (Lipinski definition) is 0. The SMILES string of the molecule is CC.CC.Cc1ccc([N+](=O)[O-])cc1N=O. The van der Waals surface area contributed by atoms with E-state index >= 15 is 0 Å². The average molecular weight is 226 g/mol. The number of rotatable bonds is 2. The van der Waals surface area contributed by atoms with Gasteiger partial charge in [-0.15, -0.1) is 4.91 Å². The lowest BCUT2D eigenvalue weighted by Gasteiger charge is -1.94. The zero-order valence-electron chi connectivity index (χ0n) is 10.4. The fraction of sp³-hybridized carbons (Fsp3) is 0.455. The normalized spacial score (nSPS) is 7.81. The Morgan fingerprint density at radius 1 is 1.19 bits per heavy atom. The van der Waals surface area contributed by atoms with E-state index in [0.717, 1.165) is 6.07 Å². The molecule has 0 radical (unpaired) electrons. The number of nitrogens with zero attached hydrogens (tertiary/aromatic N) is 2. The third-order valence-corrected chi connectivity index (χ3v) is 1.50. The van der Waals surface area contributed by atoms with E-state index in [1.54, 1.807) is 6.92 Å². The first-order chi connectivity index (χ1) is 7.65. The maximum absolute atomic E-state index is 10.2. The molecule has 5 nitrogen and oxygen atoms in total. The number of nitro benzene ring substituents is 1. The Hall–Kier alpha value is -1.78. The summed E-state index contributed by atoms with van der Waals surface area (Å²) in [5.41, 5.74) is 0.634. The van der Waals surface area contributed by atoms with Crippen LogP contribution in [0.3, 0.4) is 0 Å². The van der Waals surface area contributed by atoms with E-state index < -0.39 is 4.92 Å². The molecule has 5 heteroatoms. The number of nitroso groups, excluding NO2 is 1. The molecule has 0 bridgehead atoms. The van der Waals surface area contributed by atoms with Crippen LogP contribution in [0.15, 0.2) is 23.4 Å². The van der Waals surface area contributed by atoms with Gasteiger partial charge in [0.2, 0.25) is 0 Å². The van der Waals surface area contributed by atoms with Crippen molar-refractivity contribution in [2.75, 3.05) is 0 Å². The number of non-ortho nitro benzene ring substituents is 1. The molecular weight excluding hydrogens is 208 g/mol. The van der Waals surface area contributed by atoms with Gasteiger partial charge in [0.05, 0.1) is 4.92 Å². The molecule has 0 unspecified atom stereocenters. The summed E-state index contributed by atoms with van der Waals surface area (Å²) in [5, 5.41) is 12.9. The van der Waals surface area contributed by atoms with Crippen molar-refractivity contribution in [3.8, 4) is 0 Å². The van der Waals surface area contributed by atoms with Crippen LogP contribution in [-0.2, 0) is 0 Å². The van der Waals surface area contributed by atoms with Crippen LogP contribution in [0.4, 0.5) is 11.4 Å². The van der Waals surface area contributed by atoms with E-state index in [4.69, 9.17) is 0 Å². The minimum atomic E-state index is -0.561. The lowest BCUT2D eigenvalue weighted by molar-refractivity contribution is -0.384. The standard InChI is InChI=1S/C7H6N2O3.2C2H6/c1-5-2-3-6(9(11)12)4-7(5)8-10;2*1-2/h2-4H,1H3;2*1-2H3. The Morgan fingerprint density at radius 2 is 1.69 bits per heavy atom. The van der Waals surface area contributed by atoms with Crippen LogP contribution in [0.5, 0.6) is 0 Å². The first-order valence-electron chi connectivity index (χ1n) is 5.23. The van der Waals surface area contributed by atoms with E-state index in [2.05, 4.69) is 5.18 Å². The summed E-state index contributed by atoms with van der Waals surface area (Å²) >= 11 is 0. The molecule has 0 atom stereocenters. The molecule has 0 aliphatic heterocycles. The first kappa shape index (κ1) is 16.6. The monoisotopic (exact) mass is 226 g/mol. The molecular formula is C11H18N2O3. The second-order valence-electron chi connectivity index (χ2n) is 2.32. The second-order valence-corrected chi connectivity index (χ2v) is 2.32. The van der Waals surface area contributed by atoms with Crippen molar-refractivity contribution in [1.82, 2.24) is 0 Å². The minimum absolute atomic E-state index is 0.115. The Balaban J connectivity index is 0. The summed E-state index contributed by atoms with van der Waals surface area (Å²) in [6.45, 7) is 9.67. The molecule has 0 amide bonds. The van der Waals surface area contributed by atoms with Crippen LogP contribution < -0.4 is 0 Å². The molecule has 0 spiro atoms. The molecule has 0 fully saturated rings. The fourth-order valence-corrected chi connectivity index (χ4v) is 0.810. The van der Waals surface area contributed by atoms with Gasteiger partial charge in [0.15, 0.2) is 0 Å². The van der Waals surface area contributed by atoms with Gasteiger partial charge in [0.1, 0.15) is 5.69 Å². The highest BCUT2D eigenvalue weighted by molar-refractivity contribution is 5.52. The summed E-state index contributed by atoms with van der Waals surface area (Å²) in [6, 6.07) is 3.99. The van der Waals surface area contributed by atoms with Crippen LogP contribution in [0.25, 0.3) is 0 Å². The molecule has 0 N–H and O–H groups in total. The van der Waals surface area contributed by atoms with E-state index in [1.165, 1.54) is 12.1 Å². The Morgan fingerprint density at radius 3 is 2.06 bits per heavy atom. The van der Waals surface area contributed by atoms with Gasteiger partial charge in [-0.05, 0) is 17.7 Å². The van der Waals surface area contributed by atoms with Crippen molar-refractivity contribution in [3.63, 3.8) is 0 Å². The van der Waals surface area contributed by atoms with E-state index in [0.29, 0.717) is 5.56 Å². The van der Waals surface area contributed by atoms with Gasteiger partial charge < -0.3 is 0 Å². The summed E-state index contributed by atoms with van der Waals surface area (Å²) in [5.74, 6) is 0. The molecule has 0 aromatic heterocycles. The molecule has 0 saturated carbocycles. The number of benzene rings is 1. The van der Waals surface area contributed by atoms with Gasteiger partial charge in [-0.25, -0.2) is 0 Å². The third-order valence-electron chi connectivity index (χ3n) is 1.50. The molecule has 0 aliphatic carbocycles. The Labute approximate surface area is 95.6 Å². The average Bonchev–Trinajstić information content (AvgIpc) is 2.34. The van der Waals surface area contributed by atoms with Gasteiger partial charge in [0.25, 0.3) is 5.69 Å². The first-order valence-corrected chi connectivity index (χ1v) is 5.23. The van der Waals surface area contributed by atoms with Crippen LogP contribution in [0.2, 0.25) is 0 Å². The van der Waals surface area contributed by atoms with Crippen molar-refractivity contribution in [3.05, 3.63) is 38.8 Å². The molecule has 1 aromatic carbocycles. The zero-order chi connectivity index (χ0) is 13.1. The highest BCUT2D eigenvalue weighted by Gasteiger charge is 2.07. The van der Waals surface area contributed by atoms with Crippen LogP contribution in [0.1, 0.15) is 33.3 Å². The minimum Gasteiger partial charge on any atom is -0.258 e. The highest BCUT2D eigenvalue weighted by atomic mass is 16.6. The second kappa shape index (κ2) is 9.76. The van der Waals surface area contributed by atoms with Gasteiger partial charge >= 0.3 is 0 Å². The number of aryl methyl sites for hydroxylation is 1.